The number of thiazole rings is 1. The van der Waals surface area contributed by atoms with E-state index in [1.807, 2.05) is 0 Å². The molecule has 7 heteroatoms. The number of aromatic nitrogens is 1. The van der Waals surface area contributed by atoms with Crippen LogP contribution in [0.5, 0.6) is 0 Å². The van der Waals surface area contributed by atoms with Gasteiger partial charge in [0.25, 0.3) is 5.91 Å². The van der Waals surface area contributed by atoms with Gasteiger partial charge in [-0.15, -0.1) is 11.3 Å². The van der Waals surface area contributed by atoms with Crippen LogP contribution in [0.15, 0.2) is 5.38 Å². The smallest absolute Gasteiger partial charge is 0.273 e. The van der Waals surface area contributed by atoms with E-state index in [0.717, 1.165) is 25.7 Å². The number of piperidine rings is 1. The fourth-order valence-electron chi connectivity index (χ4n) is 2.44. The zero-order chi connectivity index (χ0) is 14.1. The average Bonchev–Trinajstić information content (AvgIpc) is 3.21. The third kappa shape index (κ3) is 2.92. The van der Waals surface area contributed by atoms with Crippen LogP contribution < -0.4 is 11.1 Å². The Hall–Kier alpha value is -1.63. The lowest BCUT2D eigenvalue weighted by Gasteiger charge is -2.32. The Balaban J connectivity index is 1.50. The Kier molecular flexibility index (Phi) is 3.60. The van der Waals surface area contributed by atoms with Crippen LogP contribution in [-0.4, -0.2) is 40.8 Å². The molecule has 1 aliphatic carbocycles. The van der Waals surface area contributed by atoms with Gasteiger partial charge in [0.15, 0.2) is 5.13 Å². The highest BCUT2D eigenvalue weighted by Gasteiger charge is 2.32. The SMILES string of the molecule is Nc1nc(C(=O)N2CCC(NC(=O)C3CC3)CC2)cs1. The molecule has 0 bridgehead atoms. The summed E-state index contributed by atoms with van der Waals surface area (Å²) in [6, 6.07) is 0.202. The van der Waals surface area contributed by atoms with E-state index in [9.17, 15) is 9.59 Å². The first kappa shape index (κ1) is 13.4. The van der Waals surface area contributed by atoms with Crippen molar-refractivity contribution in [2.75, 3.05) is 18.8 Å². The van der Waals surface area contributed by atoms with Gasteiger partial charge in [0, 0.05) is 30.4 Å². The molecule has 2 heterocycles. The van der Waals surface area contributed by atoms with Crippen molar-refractivity contribution >= 4 is 28.3 Å². The van der Waals surface area contributed by atoms with Gasteiger partial charge in [-0.1, -0.05) is 0 Å². The summed E-state index contributed by atoms with van der Waals surface area (Å²) in [5.41, 5.74) is 5.97. The van der Waals surface area contributed by atoms with E-state index in [1.54, 1.807) is 10.3 Å². The maximum absolute atomic E-state index is 12.2. The minimum atomic E-state index is -0.0649. The normalized spacial score (nSPS) is 19.9. The van der Waals surface area contributed by atoms with Gasteiger partial charge in [0.1, 0.15) is 5.69 Å². The molecule has 1 saturated carbocycles. The summed E-state index contributed by atoms with van der Waals surface area (Å²) in [5.74, 6) is 0.361. The molecular formula is C13H18N4O2S. The quantitative estimate of drug-likeness (QED) is 0.865. The largest absolute Gasteiger partial charge is 0.375 e. The number of nitrogens with two attached hydrogens (primary N) is 1. The molecule has 1 saturated heterocycles. The first-order valence-electron chi connectivity index (χ1n) is 6.94. The van der Waals surface area contributed by atoms with Crippen LogP contribution in [0, 0.1) is 5.92 Å². The number of carbonyl (C=O) groups excluding carboxylic acids is 2. The molecule has 1 aromatic heterocycles. The van der Waals surface area contributed by atoms with E-state index in [2.05, 4.69) is 10.3 Å². The molecule has 6 nitrogen and oxygen atoms in total. The number of amides is 2. The molecule has 0 aromatic carbocycles. The lowest BCUT2D eigenvalue weighted by molar-refractivity contribution is -0.123. The van der Waals surface area contributed by atoms with E-state index in [4.69, 9.17) is 5.73 Å². The number of nitrogen functional groups attached to an aromatic ring is 1. The molecule has 3 N–H and O–H groups in total. The van der Waals surface area contributed by atoms with Crippen molar-refractivity contribution in [3.8, 4) is 0 Å². The summed E-state index contributed by atoms with van der Waals surface area (Å²) in [4.78, 5) is 29.7. The third-order valence-corrected chi connectivity index (χ3v) is 4.49. The standard InChI is InChI=1S/C13H18N4O2S/c14-13-16-10(7-20-13)12(19)17-5-3-9(4-6-17)15-11(18)8-1-2-8/h7-9H,1-6H2,(H2,14,16)(H,15,18). The van der Waals surface area contributed by atoms with Crippen LogP contribution in [0.4, 0.5) is 5.13 Å². The zero-order valence-electron chi connectivity index (χ0n) is 11.2. The maximum Gasteiger partial charge on any atom is 0.273 e. The molecule has 20 heavy (non-hydrogen) atoms. The molecule has 0 spiro atoms. The Labute approximate surface area is 121 Å². The number of anilines is 1. The predicted octanol–water partition coefficient (Wildman–Crippen LogP) is 0.856. The molecule has 108 valence electrons. The molecule has 0 unspecified atom stereocenters. The van der Waals surface area contributed by atoms with Crippen molar-refractivity contribution in [3.05, 3.63) is 11.1 Å². The van der Waals surface area contributed by atoms with Gasteiger partial charge in [0.2, 0.25) is 5.91 Å². The van der Waals surface area contributed by atoms with Gasteiger partial charge in [0.05, 0.1) is 0 Å². The molecule has 1 aliphatic heterocycles. The second-order valence-corrected chi connectivity index (χ2v) is 6.31. The van der Waals surface area contributed by atoms with E-state index in [1.165, 1.54) is 11.3 Å². The Morgan fingerprint density at radius 3 is 2.55 bits per heavy atom. The summed E-state index contributed by atoms with van der Waals surface area (Å²) in [5, 5.41) is 5.18. The number of nitrogens with one attached hydrogen (secondary N) is 1. The number of carbonyl (C=O) groups is 2. The highest BCUT2D eigenvalue weighted by Crippen LogP contribution is 2.29. The highest BCUT2D eigenvalue weighted by atomic mass is 32.1. The van der Waals surface area contributed by atoms with Crippen molar-refractivity contribution in [2.24, 2.45) is 5.92 Å². The summed E-state index contributed by atoms with van der Waals surface area (Å²) < 4.78 is 0. The van der Waals surface area contributed by atoms with E-state index >= 15 is 0 Å². The van der Waals surface area contributed by atoms with Crippen molar-refractivity contribution in [1.29, 1.82) is 0 Å². The topological polar surface area (TPSA) is 88.3 Å². The molecule has 3 rings (SSSR count). The fourth-order valence-corrected chi connectivity index (χ4v) is 2.98. The highest BCUT2D eigenvalue weighted by molar-refractivity contribution is 7.13. The van der Waals surface area contributed by atoms with Gasteiger partial charge >= 0.3 is 0 Å². The van der Waals surface area contributed by atoms with E-state index < -0.39 is 0 Å². The van der Waals surface area contributed by atoms with Gasteiger partial charge in [-0.2, -0.15) is 0 Å². The number of likely N-dealkylation sites (tertiary alicyclic amines) is 1. The number of nitrogens with zero attached hydrogens (tertiary/aromatic N) is 2. The van der Waals surface area contributed by atoms with Crippen LogP contribution in [0.25, 0.3) is 0 Å². The second kappa shape index (κ2) is 5.40. The maximum atomic E-state index is 12.2. The van der Waals surface area contributed by atoms with Gasteiger partial charge < -0.3 is 16.0 Å². The number of rotatable bonds is 3. The van der Waals surface area contributed by atoms with Gasteiger partial charge in [-0.25, -0.2) is 4.98 Å². The van der Waals surface area contributed by atoms with Gasteiger partial charge in [-0.3, -0.25) is 9.59 Å². The van der Waals surface area contributed by atoms with Crippen molar-refractivity contribution < 1.29 is 9.59 Å². The number of hydrogen-bond acceptors (Lipinski definition) is 5. The predicted molar refractivity (Wildman–Crippen MR) is 76.3 cm³/mol. The van der Waals surface area contributed by atoms with Crippen molar-refractivity contribution in [2.45, 2.75) is 31.7 Å². The average molecular weight is 294 g/mol. The van der Waals surface area contributed by atoms with Crippen molar-refractivity contribution in [1.82, 2.24) is 15.2 Å². The van der Waals surface area contributed by atoms with E-state index in [0.29, 0.717) is 23.9 Å². The molecule has 1 aromatic rings. The fraction of sp³-hybridized carbons (Fsp3) is 0.615. The van der Waals surface area contributed by atoms with Crippen LogP contribution in [0.2, 0.25) is 0 Å². The lowest BCUT2D eigenvalue weighted by atomic mass is 10.0. The minimum Gasteiger partial charge on any atom is -0.375 e. The third-order valence-electron chi connectivity index (χ3n) is 3.82. The van der Waals surface area contributed by atoms with E-state index in [-0.39, 0.29) is 23.8 Å². The van der Waals surface area contributed by atoms with Gasteiger partial charge in [-0.05, 0) is 25.7 Å². The van der Waals surface area contributed by atoms with Crippen molar-refractivity contribution in [3.63, 3.8) is 0 Å². The van der Waals surface area contributed by atoms with Crippen LogP contribution >= 0.6 is 11.3 Å². The summed E-state index contributed by atoms with van der Waals surface area (Å²) >= 11 is 1.28. The minimum absolute atomic E-state index is 0.0649. The Bertz CT molecular complexity index is 518. The van der Waals surface area contributed by atoms with Crippen LogP contribution in [0.3, 0.4) is 0 Å². The molecule has 0 radical (unpaired) electrons. The summed E-state index contributed by atoms with van der Waals surface area (Å²) in [6.07, 6.45) is 3.66. The molecule has 2 fully saturated rings. The van der Waals surface area contributed by atoms with Crippen LogP contribution in [-0.2, 0) is 4.79 Å². The summed E-state index contributed by atoms with van der Waals surface area (Å²) in [7, 11) is 0. The monoisotopic (exact) mass is 294 g/mol. The number of hydrogen-bond donors (Lipinski definition) is 2. The molecule has 0 atom stereocenters. The Morgan fingerprint density at radius 2 is 2.00 bits per heavy atom. The zero-order valence-corrected chi connectivity index (χ0v) is 12.0. The Morgan fingerprint density at radius 1 is 1.30 bits per heavy atom. The molecular weight excluding hydrogens is 276 g/mol. The van der Waals surface area contributed by atoms with Crippen LogP contribution in [0.1, 0.15) is 36.2 Å². The lowest BCUT2D eigenvalue weighted by Crippen LogP contribution is -2.47. The summed E-state index contributed by atoms with van der Waals surface area (Å²) in [6.45, 7) is 1.32. The first-order chi connectivity index (χ1) is 9.63. The molecule has 2 amide bonds. The second-order valence-electron chi connectivity index (χ2n) is 5.42. The first-order valence-corrected chi connectivity index (χ1v) is 7.82. The molecule has 2 aliphatic rings.